The Labute approximate surface area is 176 Å². The molecule has 2 amide bonds. The van der Waals surface area contributed by atoms with Crippen LogP contribution in [0.2, 0.25) is 0 Å². The van der Waals surface area contributed by atoms with Crippen LogP contribution in [0.5, 0.6) is 0 Å². The second-order valence-electron chi connectivity index (χ2n) is 8.51. The highest BCUT2D eigenvalue weighted by Gasteiger charge is 2.30. The number of nitriles is 1. The van der Waals surface area contributed by atoms with E-state index < -0.39 is 0 Å². The van der Waals surface area contributed by atoms with Crippen LogP contribution in [0.1, 0.15) is 60.9 Å². The van der Waals surface area contributed by atoms with Crippen molar-refractivity contribution in [2.24, 2.45) is 5.92 Å². The zero-order valence-corrected chi connectivity index (χ0v) is 17.9. The lowest BCUT2D eigenvalue weighted by molar-refractivity contribution is -0.137. The van der Waals surface area contributed by atoms with Gasteiger partial charge >= 0.3 is 0 Å². The van der Waals surface area contributed by atoms with Gasteiger partial charge < -0.3 is 10.2 Å². The highest BCUT2D eigenvalue weighted by atomic mass is 32.1. The van der Waals surface area contributed by atoms with Crippen molar-refractivity contribution >= 4 is 28.2 Å². The van der Waals surface area contributed by atoms with Crippen molar-refractivity contribution in [1.29, 1.82) is 5.26 Å². The second-order valence-corrected chi connectivity index (χ2v) is 9.62. The number of carbonyl (C=O) groups excluding carboxylic acids is 2. The van der Waals surface area contributed by atoms with Gasteiger partial charge in [0.2, 0.25) is 11.8 Å². The number of nitrogens with one attached hydrogen (secondary N) is 1. The molecule has 0 unspecified atom stereocenters. The van der Waals surface area contributed by atoms with Crippen LogP contribution in [-0.2, 0) is 22.4 Å². The van der Waals surface area contributed by atoms with Crippen molar-refractivity contribution in [3.05, 3.63) is 16.0 Å². The molecule has 29 heavy (non-hydrogen) atoms. The number of aryl methyl sites for hydroxylation is 1. The van der Waals surface area contributed by atoms with Gasteiger partial charge in [0.15, 0.2) is 0 Å². The standard InChI is InChI=1S/C22H30N4O2S/c23-14-18-17-6-5-7-19(17)29-21(18)24-20(27)15-25-12-8-16(9-13-25)22(28)26-10-3-1-2-4-11-26/h16H,1-13,15H2,(H,24,27). The Hall–Kier alpha value is -1.91. The average Bonchev–Trinajstić information content (AvgIpc) is 3.17. The number of rotatable bonds is 4. The molecular weight excluding hydrogens is 384 g/mol. The number of nitrogens with zero attached hydrogens (tertiary/aromatic N) is 3. The summed E-state index contributed by atoms with van der Waals surface area (Å²) in [5, 5.41) is 13.2. The van der Waals surface area contributed by atoms with E-state index in [9.17, 15) is 14.9 Å². The fourth-order valence-electron chi connectivity index (χ4n) is 4.87. The molecule has 0 radical (unpaired) electrons. The van der Waals surface area contributed by atoms with Crippen LogP contribution in [0.3, 0.4) is 0 Å². The normalized spacial score (nSPS) is 20.7. The van der Waals surface area contributed by atoms with Gasteiger partial charge in [-0.3, -0.25) is 14.5 Å². The fraction of sp³-hybridized carbons (Fsp3) is 0.682. The number of likely N-dealkylation sites (tertiary alicyclic amines) is 2. The number of thiophene rings is 1. The van der Waals surface area contributed by atoms with Crippen molar-refractivity contribution in [2.75, 3.05) is 38.0 Å². The number of amides is 2. The van der Waals surface area contributed by atoms with E-state index in [4.69, 9.17) is 0 Å². The Morgan fingerprint density at radius 1 is 1.03 bits per heavy atom. The van der Waals surface area contributed by atoms with E-state index >= 15 is 0 Å². The van der Waals surface area contributed by atoms with Crippen molar-refractivity contribution in [3.63, 3.8) is 0 Å². The molecule has 0 spiro atoms. The molecule has 7 heteroatoms. The van der Waals surface area contributed by atoms with E-state index in [-0.39, 0.29) is 11.8 Å². The third-order valence-corrected chi connectivity index (χ3v) is 7.72. The maximum absolute atomic E-state index is 12.8. The molecule has 0 saturated carbocycles. The Bertz CT molecular complexity index is 796. The fourth-order valence-corrected chi connectivity index (χ4v) is 6.12. The number of anilines is 1. The van der Waals surface area contributed by atoms with Crippen LogP contribution in [0.25, 0.3) is 0 Å². The Morgan fingerprint density at radius 3 is 2.45 bits per heavy atom. The lowest BCUT2D eigenvalue weighted by atomic mass is 9.95. The van der Waals surface area contributed by atoms with Crippen LogP contribution >= 0.6 is 11.3 Å². The topological polar surface area (TPSA) is 76.4 Å². The van der Waals surface area contributed by atoms with Crippen LogP contribution in [0.15, 0.2) is 0 Å². The molecule has 0 atom stereocenters. The third kappa shape index (κ3) is 4.65. The van der Waals surface area contributed by atoms with Crippen LogP contribution < -0.4 is 5.32 Å². The van der Waals surface area contributed by atoms with E-state index in [2.05, 4.69) is 21.2 Å². The molecule has 1 N–H and O–H groups in total. The second kappa shape index (κ2) is 9.27. The highest BCUT2D eigenvalue weighted by Crippen LogP contribution is 2.38. The molecule has 6 nitrogen and oxygen atoms in total. The highest BCUT2D eigenvalue weighted by molar-refractivity contribution is 7.16. The molecule has 2 aliphatic heterocycles. The molecular formula is C22H30N4O2S. The SMILES string of the molecule is N#Cc1c(NC(=O)CN2CCC(C(=O)N3CCCCCC3)CC2)sc2c1CCC2. The van der Waals surface area contributed by atoms with Crippen molar-refractivity contribution in [2.45, 2.75) is 57.8 Å². The van der Waals surface area contributed by atoms with Gasteiger partial charge in [-0.05, 0) is 63.6 Å². The van der Waals surface area contributed by atoms with Gasteiger partial charge in [-0.2, -0.15) is 5.26 Å². The van der Waals surface area contributed by atoms with Crippen molar-refractivity contribution in [1.82, 2.24) is 9.80 Å². The number of hydrogen-bond acceptors (Lipinski definition) is 5. The van der Waals surface area contributed by atoms with Gasteiger partial charge in [0.25, 0.3) is 0 Å². The monoisotopic (exact) mass is 414 g/mol. The van der Waals surface area contributed by atoms with E-state index in [1.807, 2.05) is 0 Å². The van der Waals surface area contributed by atoms with Gasteiger partial charge in [0, 0.05) is 23.9 Å². The molecule has 1 aromatic rings. The summed E-state index contributed by atoms with van der Waals surface area (Å²) in [7, 11) is 0. The number of carbonyl (C=O) groups is 2. The van der Waals surface area contributed by atoms with Gasteiger partial charge in [0.05, 0.1) is 12.1 Å². The molecule has 1 aliphatic carbocycles. The number of hydrogen-bond donors (Lipinski definition) is 1. The molecule has 0 aromatic carbocycles. The first-order valence-electron chi connectivity index (χ1n) is 11.0. The smallest absolute Gasteiger partial charge is 0.239 e. The van der Waals surface area contributed by atoms with Gasteiger partial charge in [-0.1, -0.05) is 12.8 Å². The number of fused-ring (bicyclic) bond motifs is 1. The van der Waals surface area contributed by atoms with Crippen LogP contribution in [0, 0.1) is 17.2 Å². The minimum atomic E-state index is -0.0567. The molecule has 156 valence electrons. The van der Waals surface area contributed by atoms with E-state index in [0.717, 1.165) is 76.7 Å². The zero-order chi connectivity index (χ0) is 20.2. The summed E-state index contributed by atoms with van der Waals surface area (Å²) in [6, 6.07) is 2.28. The summed E-state index contributed by atoms with van der Waals surface area (Å²) in [6.07, 6.45) is 9.46. The predicted octanol–water partition coefficient (Wildman–Crippen LogP) is 3.16. The summed E-state index contributed by atoms with van der Waals surface area (Å²) >= 11 is 1.56. The first-order valence-corrected chi connectivity index (χ1v) is 11.8. The third-order valence-electron chi connectivity index (χ3n) is 6.51. The number of piperidine rings is 1. The maximum Gasteiger partial charge on any atom is 0.239 e. The minimum absolute atomic E-state index is 0.0567. The molecule has 4 rings (SSSR count). The summed E-state index contributed by atoms with van der Waals surface area (Å²) in [5.74, 6) is 0.374. The Kier molecular flexibility index (Phi) is 6.51. The molecule has 2 fully saturated rings. The van der Waals surface area contributed by atoms with E-state index in [1.165, 1.54) is 17.7 Å². The molecule has 1 aromatic heterocycles. The van der Waals surface area contributed by atoms with E-state index in [0.29, 0.717) is 23.0 Å². The average molecular weight is 415 g/mol. The Morgan fingerprint density at radius 2 is 1.76 bits per heavy atom. The Balaban J connectivity index is 1.26. The summed E-state index contributed by atoms with van der Waals surface area (Å²) < 4.78 is 0. The van der Waals surface area contributed by atoms with Crippen LogP contribution in [0.4, 0.5) is 5.00 Å². The lowest BCUT2D eigenvalue weighted by Gasteiger charge is -2.33. The van der Waals surface area contributed by atoms with Crippen molar-refractivity contribution in [3.8, 4) is 6.07 Å². The lowest BCUT2D eigenvalue weighted by Crippen LogP contribution is -2.44. The van der Waals surface area contributed by atoms with E-state index in [1.54, 1.807) is 11.3 Å². The summed E-state index contributed by atoms with van der Waals surface area (Å²) in [4.78, 5) is 30.8. The quantitative estimate of drug-likeness (QED) is 0.821. The molecule has 0 bridgehead atoms. The van der Waals surface area contributed by atoms with Crippen molar-refractivity contribution < 1.29 is 9.59 Å². The van der Waals surface area contributed by atoms with Gasteiger partial charge in [-0.25, -0.2) is 0 Å². The zero-order valence-electron chi connectivity index (χ0n) is 17.0. The minimum Gasteiger partial charge on any atom is -0.342 e. The summed E-state index contributed by atoms with van der Waals surface area (Å²) in [5.41, 5.74) is 1.80. The molecule has 2 saturated heterocycles. The molecule has 3 heterocycles. The van der Waals surface area contributed by atoms with Gasteiger partial charge in [-0.15, -0.1) is 11.3 Å². The predicted molar refractivity (Wildman–Crippen MR) is 114 cm³/mol. The van der Waals surface area contributed by atoms with Gasteiger partial charge in [0.1, 0.15) is 11.1 Å². The van der Waals surface area contributed by atoms with Crippen LogP contribution in [-0.4, -0.2) is 54.3 Å². The largest absolute Gasteiger partial charge is 0.342 e. The maximum atomic E-state index is 12.8. The summed E-state index contributed by atoms with van der Waals surface area (Å²) in [6.45, 7) is 3.71. The molecule has 3 aliphatic rings. The first-order chi connectivity index (χ1) is 14.2. The first kappa shape index (κ1) is 20.4.